The molecule has 98 valence electrons. The second-order valence-corrected chi connectivity index (χ2v) is 5.26. The summed E-state index contributed by atoms with van der Waals surface area (Å²) < 4.78 is 4.56. The number of rotatable bonds is 4. The number of halogens is 1. The van der Waals surface area contributed by atoms with Crippen LogP contribution >= 0.6 is 23.4 Å². The number of thioether (sulfide) groups is 1. The Bertz CT molecular complexity index is 459. The summed E-state index contributed by atoms with van der Waals surface area (Å²) >= 11 is 7.16. The summed E-state index contributed by atoms with van der Waals surface area (Å²) in [4.78, 5) is 19.2. The third kappa shape index (κ3) is 4.54. The lowest BCUT2D eigenvalue weighted by Gasteiger charge is -2.10. The fraction of sp³-hybridized carbons (Fsp3) is 0.364. The number of esters is 1. The summed E-state index contributed by atoms with van der Waals surface area (Å²) in [5.41, 5.74) is 6.43. The number of nitrogens with zero attached hydrogens (tertiary/aromatic N) is 2. The lowest BCUT2D eigenvalue weighted by molar-refractivity contribution is -0.134. The van der Waals surface area contributed by atoms with Gasteiger partial charge in [-0.3, -0.25) is 0 Å². The highest BCUT2D eigenvalue weighted by molar-refractivity contribution is 7.99. The minimum atomic E-state index is -0.383. The zero-order valence-corrected chi connectivity index (χ0v) is 11.9. The SMILES string of the molecule is COC(=O)C=C(C)C(C)Sc1nc(N)cc(Cl)n1. The van der Waals surface area contributed by atoms with Crippen LogP contribution in [0.5, 0.6) is 0 Å². The number of hydrogen-bond acceptors (Lipinski definition) is 6. The second-order valence-electron chi connectivity index (χ2n) is 3.57. The molecule has 0 saturated heterocycles. The topological polar surface area (TPSA) is 78.1 Å². The standard InChI is InChI=1S/C11H14ClN3O2S/c1-6(4-10(16)17-3)7(2)18-11-14-8(12)5-9(13)15-11/h4-5,7H,1-3H3,(H2,13,14,15). The summed E-state index contributed by atoms with van der Waals surface area (Å²) in [6.45, 7) is 3.77. The Morgan fingerprint density at radius 3 is 2.83 bits per heavy atom. The van der Waals surface area contributed by atoms with E-state index in [-0.39, 0.29) is 11.2 Å². The van der Waals surface area contributed by atoms with Gasteiger partial charge in [0.1, 0.15) is 11.0 Å². The van der Waals surface area contributed by atoms with E-state index in [0.29, 0.717) is 16.1 Å². The molecule has 1 rings (SSSR count). The average molecular weight is 288 g/mol. The van der Waals surface area contributed by atoms with E-state index >= 15 is 0 Å². The van der Waals surface area contributed by atoms with Gasteiger partial charge in [0.15, 0.2) is 5.16 Å². The summed E-state index contributed by atoms with van der Waals surface area (Å²) in [6.07, 6.45) is 1.44. The molecule has 1 unspecified atom stereocenters. The number of nitrogens with two attached hydrogens (primary N) is 1. The molecule has 0 aliphatic heterocycles. The van der Waals surface area contributed by atoms with Crippen LogP contribution in [0.1, 0.15) is 13.8 Å². The van der Waals surface area contributed by atoms with E-state index in [1.165, 1.54) is 31.0 Å². The van der Waals surface area contributed by atoms with E-state index in [9.17, 15) is 4.79 Å². The van der Waals surface area contributed by atoms with Crippen molar-refractivity contribution in [2.24, 2.45) is 0 Å². The van der Waals surface area contributed by atoms with Crippen LogP contribution in [0.25, 0.3) is 0 Å². The Kier molecular flexibility index (Phi) is 5.43. The molecule has 1 aromatic heterocycles. The van der Waals surface area contributed by atoms with Crippen LogP contribution in [0.3, 0.4) is 0 Å². The molecular weight excluding hydrogens is 274 g/mol. The van der Waals surface area contributed by atoms with Crippen molar-refractivity contribution in [1.29, 1.82) is 0 Å². The largest absolute Gasteiger partial charge is 0.466 e. The van der Waals surface area contributed by atoms with Crippen molar-refractivity contribution in [1.82, 2.24) is 9.97 Å². The van der Waals surface area contributed by atoms with Gasteiger partial charge in [-0.15, -0.1) is 0 Å². The van der Waals surface area contributed by atoms with E-state index < -0.39 is 0 Å². The highest BCUT2D eigenvalue weighted by atomic mass is 35.5. The minimum absolute atomic E-state index is 0.0157. The van der Waals surface area contributed by atoms with E-state index in [0.717, 1.165) is 5.57 Å². The van der Waals surface area contributed by atoms with Crippen molar-refractivity contribution in [2.75, 3.05) is 12.8 Å². The maximum absolute atomic E-state index is 11.1. The van der Waals surface area contributed by atoms with Crippen LogP contribution in [0, 0.1) is 0 Å². The molecule has 1 atom stereocenters. The highest BCUT2D eigenvalue weighted by Crippen LogP contribution is 2.26. The highest BCUT2D eigenvalue weighted by Gasteiger charge is 2.11. The molecule has 2 N–H and O–H groups in total. The van der Waals surface area contributed by atoms with Crippen LogP contribution in [0.15, 0.2) is 22.9 Å². The van der Waals surface area contributed by atoms with Gasteiger partial charge in [0.2, 0.25) is 0 Å². The third-order valence-electron chi connectivity index (χ3n) is 2.16. The fourth-order valence-electron chi connectivity index (χ4n) is 1.08. The van der Waals surface area contributed by atoms with Gasteiger partial charge < -0.3 is 10.5 Å². The predicted molar refractivity (Wildman–Crippen MR) is 72.5 cm³/mol. The number of aromatic nitrogens is 2. The Morgan fingerprint density at radius 1 is 1.61 bits per heavy atom. The smallest absolute Gasteiger partial charge is 0.330 e. The number of carbonyl (C=O) groups is 1. The Labute approximate surface area is 115 Å². The van der Waals surface area contributed by atoms with E-state index in [4.69, 9.17) is 17.3 Å². The van der Waals surface area contributed by atoms with Gasteiger partial charge >= 0.3 is 5.97 Å². The monoisotopic (exact) mass is 287 g/mol. The molecule has 5 nitrogen and oxygen atoms in total. The van der Waals surface area contributed by atoms with Crippen molar-refractivity contribution in [3.8, 4) is 0 Å². The molecule has 0 aliphatic rings. The van der Waals surface area contributed by atoms with E-state index in [1.807, 2.05) is 13.8 Å². The van der Waals surface area contributed by atoms with Gasteiger partial charge in [0, 0.05) is 17.4 Å². The van der Waals surface area contributed by atoms with E-state index in [1.54, 1.807) is 0 Å². The maximum Gasteiger partial charge on any atom is 0.330 e. The quantitative estimate of drug-likeness (QED) is 0.301. The molecular formula is C11H14ClN3O2S. The molecule has 1 heterocycles. The van der Waals surface area contributed by atoms with Crippen LogP contribution < -0.4 is 5.73 Å². The third-order valence-corrected chi connectivity index (χ3v) is 3.48. The molecule has 0 radical (unpaired) electrons. The maximum atomic E-state index is 11.1. The van der Waals surface area contributed by atoms with Crippen LogP contribution in [0.4, 0.5) is 5.82 Å². The first-order chi connectivity index (χ1) is 8.42. The van der Waals surface area contributed by atoms with Crippen molar-refractivity contribution in [2.45, 2.75) is 24.3 Å². The number of nitrogen functional groups attached to an aromatic ring is 1. The van der Waals surface area contributed by atoms with Gasteiger partial charge in [0.05, 0.1) is 7.11 Å². The van der Waals surface area contributed by atoms with Crippen molar-refractivity contribution >= 4 is 35.1 Å². The molecule has 18 heavy (non-hydrogen) atoms. The molecule has 0 aromatic carbocycles. The van der Waals surface area contributed by atoms with Gasteiger partial charge in [0.25, 0.3) is 0 Å². The molecule has 7 heteroatoms. The number of hydrogen-bond donors (Lipinski definition) is 1. The Balaban J connectivity index is 2.78. The van der Waals surface area contributed by atoms with Crippen molar-refractivity contribution in [3.63, 3.8) is 0 Å². The van der Waals surface area contributed by atoms with Crippen molar-refractivity contribution < 1.29 is 9.53 Å². The van der Waals surface area contributed by atoms with Gasteiger partial charge in [-0.1, -0.05) is 28.9 Å². The van der Waals surface area contributed by atoms with Crippen LogP contribution in [0.2, 0.25) is 5.15 Å². The van der Waals surface area contributed by atoms with Crippen molar-refractivity contribution in [3.05, 3.63) is 22.9 Å². The normalized spacial score (nSPS) is 13.2. The summed E-state index contributed by atoms with van der Waals surface area (Å²) in [6, 6.07) is 1.48. The number of anilines is 1. The van der Waals surface area contributed by atoms with Crippen LogP contribution in [-0.2, 0) is 9.53 Å². The lowest BCUT2D eigenvalue weighted by atomic mass is 10.2. The Hall–Kier alpha value is -1.27. The number of carbonyl (C=O) groups excluding carboxylic acids is 1. The fourth-order valence-corrected chi connectivity index (χ4v) is 2.20. The van der Waals surface area contributed by atoms with E-state index in [2.05, 4.69) is 14.7 Å². The first-order valence-corrected chi connectivity index (χ1v) is 6.41. The lowest BCUT2D eigenvalue weighted by Crippen LogP contribution is -2.05. The predicted octanol–water partition coefficient (Wildman–Crippen LogP) is 2.31. The molecule has 0 bridgehead atoms. The first-order valence-electron chi connectivity index (χ1n) is 5.15. The molecule has 0 spiro atoms. The second kappa shape index (κ2) is 6.61. The first kappa shape index (κ1) is 14.8. The zero-order valence-electron chi connectivity index (χ0n) is 10.3. The number of methoxy groups -OCH3 is 1. The molecule has 0 amide bonds. The van der Waals surface area contributed by atoms with Crippen LogP contribution in [-0.4, -0.2) is 28.3 Å². The molecule has 0 aliphatic carbocycles. The summed E-state index contributed by atoms with van der Waals surface area (Å²) in [5.74, 6) is -0.0641. The van der Waals surface area contributed by atoms with Gasteiger partial charge in [-0.2, -0.15) is 0 Å². The summed E-state index contributed by atoms with van der Waals surface area (Å²) in [5, 5.41) is 0.791. The average Bonchev–Trinajstić information content (AvgIpc) is 2.27. The van der Waals surface area contributed by atoms with Gasteiger partial charge in [-0.25, -0.2) is 14.8 Å². The summed E-state index contributed by atoms with van der Waals surface area (Å²) in [7, 11) is 1.34. The Morgan fingerprint density at radius 2 is 2.28 bits per heavy atom. The molecule has 0 fully saturated rings. The molecule has 0 saturated carbocycles. The van der Waals surface area contributed by atoms with Gasteiger partial charge in [-0.05, 0) is 13.8 Å². The number of ether oxygens (including phenoxy) is 1. The zero-order chi connectivity index (χ0) is 13.7. The molecule has 1 aromatic rings. The minimum Gasteiger partial charge on any atom is -0.466 e.